The van der Waals surface area contributed by atoms with Gasteiger partial charge in [-0.15, -0.1) is 0 Å². The summed E-state index contributed by atoms with van der Waals surface area (Å²) in [6.45, 7) is 10.7. The van der Waals surface area contributed by atoms with E-state index in [-0.39, 0.29) is 17.4 Å². The standard InChI is InChI=1S/C27H33NO6/c1-6-14-28-24(18-10-9-11-20(15-18)34-17(4)5)23(26(30)27(28)31)25(29)21-13-12-19(32-7-2)16-22(21)33-8-3/h9-13,15-17,24,29H,6-8,14H2,1-5H3/b25-23-. The minimum atomic E-state index is -0.739. The third kappa shape index (κ3) is 5.19. The molecular weight excluding hydrogens is 434 g/mol. The molecular formula is C27H33NO6. The van der Waals surface area contributed by atoms with Crippen LogP contribution in [0.15, 0.2) is 48.0 Å². The van der Waals surface area contributed by atoms with Gasteiger partial charge in [0.1, 0.15) is 23.0 Å². The Hall–Kier alpha value is -3.48. The SMILES string of the molecule is CCCN1C(=O)C(=O)/C(=C(\O)c2ccc(OCC)cc2OCC)C1c1cccc(OC(C)C)c1. The molecule has 3 rings (SSSR count). The number of rotatable bonds is 10. The molecule has 2 aromatic rings. The van der Waals surface area contributed by atoms with Crippen LogP contribution in [0.3, 0.4) is 0 Å². The molecule has 0 aromatic heterocycles. The molecule has 1 N–H and O–H groups in total. The average molecular weight is 468 g/mol. The Morgan fingerprint density at radius 3 is 2.38 bits per heavy atom. The average Bonchev–Trinajstić information content (AvgIpc) is 3.04. The van der Waals surface area contributed by atoms with Gasteiger partial charge < -0.3 is 24.2 Å². The topological polar surface area (TPSA) is 85.3 Å². The smallest absolute Gasteiger partial charge is 0.295 e. The number of carbonyl (C=O) groups excluding carboxylic acids is 2. The van der Waals surface area contributed by atoms with Gasteiger partial charge in [0.15, 0.2) is 0 Å². The Labute approximate surface area is 200 Å². The first-order valence-corrected chi connectivity index (χ1v) is 11.8. The second-order valence-electron chi connectivity index (χ2n) is 8.26. The molecule has 0 aliphatic carbocycles. The number of amides is 1. The van der Waals surface area contributed by atoms with E-state index in [9.17, 15) is 14.7 Å². The maximum Gasteiger partial charge on any atom is 0.295 e. The lowest BCUT2D eigenvalue weighted by Gasteiger charge is -2.25. The van der Waals surface area contributed by atoms with Crippen molar-refractivity contribution in [2.75, 3.05) is 19.8 Å². The molecule has 1 saturated heterocycles. The molecule has 1 atom stereocenters. The van der Waals surface area contributed by atoms with Gasteiger partial charge in [-0.3, -0.25) is 9.59 Å². The van der Waals surface area contributed by atoms with Crippen molar-refractivity contribution >= 4 is 17.4 Å². The number of ketones is 1. The lowest BCUT2D eigenvalue weighted by molar-refractivity contribution is -0.139. The van der Waals surface area contributed by atoms with Crippen LogP contribution in [-0.2, 0) is 9.59 Å². The van der Waals surface area contributed by atoms with Crippen molar-refractivity contribution in [3.63, 3.8) is 0 Å². The number of aliphatic hydroxyl groups excluding tert-OH is 1. The van der Waals surface area contributed by atoms with Crippen molar-refractivity contribution in [3.8, 4) is 17.2 Å². The monoisotopic (exact) mass is 467 g/mol. The maximum atomic E-state index is 13.2. The third-order valence-electron chi connectivity index (χ3n) is 5.37. The van der Waals surface area contributed by atoms with E-state index >= 15 is 0 Å². The van der Waals surface area contributed by atoms with Gasteiger partial charge in [0.2, 0.25) is 0 Å². The van der Waals surface area contributed by atoms with Crippen LogP contribution in [0.1, 0.15) is 58.2 Å². The molecule has 1 amide bonds. The minimum Gasteiger partial charge on any atom is -0.507 e. The van der Waals surface area contributed by atoms with Gasteiger partial charge in [0.25, 0.3) is 11.7 Å². The van der Waals surface area contributed by atoms with Crippen LogP contribution in [0.4, 0.5) is 0 Å². The summed E-state index contributed by atoms with van der Waals surface area (Å²) in [7, 11) is 0. The summed E-state index contributed by atoms with van der Waals surface area (Å²) in [5.41, 5.74) is 1.06. The number of carbonyl (C=O) groups is 2. The molecule has 1 fully saturated rings. The molecule has 0 spiro atoms. The highest BCUT2D eigenvalue weighted by Gasteiger charge is 2.46. The van der Waals surface area contributed by atoms with E-state index in [0.717, 1.165) is 0 Å². The molecule has 1 aliphatic rings. The Bertz CT molecular complexity index is 1070. The lowest BCUT2D eigenvalue weighted by Crippen LogP contribution is -2.30. The Kier molecular flexibility index (Phi) is 8.21. The quantitative estimate of drug-likeness (QED) is 0.297. The Morgan fingerprint density at radius 1 is 1.00 bits per heavy atom. The van der Waals surface area contributed by atoms with Crippen LogP contribution in [0.25, 0.3) is 5.76 Å². The number of nitrogens with zero attached hydrogens (tertiary/aromatic N) is 1. The second kappa shape index (κ2) is 11.1. The summed E-state index contributed by atoms with van der Waals surface area (Å²) in [5, 5.41) is 11.4. The zero-order chi connectivity index (χ0) is 24.8. The van der Waals surface area contributed by atoms with Crippen molar-refractivity contribution in [1.29, 1.82) is 0 Å². The first-order valence-electron chi connectivity index (χ1n) is 11.8. The van der Waals surface area contributed by atoms with Crippen LogP contribution in [0.2, 0.25) is 0 Å². The van der Waals surface area contributed by atoms with Crippen LogP contribution in [-0.4, -0.2) is 47.6 Å². The molecule has 7 heteroatoms. The van der Waals surface area contributed by atoms with Gasteiger partial charge in [0, 0.05) is 12.6 Å². The summed E-state index contributed by atoms with van der Waals surface area (Å²) >= 11 is 0. The number of aliphatic hydroxyl groups is 1. The molecule has 1 heterocycles. The van der Waals surface area contributed by atoms with Gasteiger partial charge in [-0.1, -0.05) is 19.1 Å². The normalized spacial score (nSPS) is 17.4. The zero-order valence-corrected chi connectivity index (χ0v) is 20.5. The number of hydrogen-bond acceptors (Lipinski definition) is 6. The summed E-state index contributed by atoms with van der Waals surface area (Å²) in [5.74, 6) is -0.0310. The number of hydrogen-bond donors (Lipinski definition) is 1. The number of Topliss-reactive ketones (excluding diaryl/α,β-unsaturated/α-hetero) is 1. The molecule has 1 aliphatic heterocycles. The predicted molar refractivity (Wildman–Crippen MR) is 130 cm³/mol. The van der Waals surface area contributed by atoms with Gasteiger partial charge in [-0.05, 0) is 63.9 Å². The van der Waals surface area contributed by atoms with E-state index < -0.39 is 17.7 Å². The summed E-state index contributed by atoms with van der Waals surface area (Å²) in [6.07, 6.45) is 0.633. The fourth-order valence-electron chi connectivity index (χ4n) is 4.10. The molecule has 0 saturated carbocycles. The largest absolute Gasteiger partial charge is 0.507 e. The summed E-state index contributed by atoms with van der Waals surface area (Å²) in [4.78, 5) is 27.7. The highest BCUT2D eigenvalue weighted by molar-refractivity contribution is 6.46. The van der Waals surface area contributed by atoms with E-state index in [4.69, 9.17) is 14.2 Å². The fraction of sp³-hybridized carbons (Fsp3) is 0.407. The lowest BCUT2D eigenvalue weighted by atomic mass is 9.94. The molecule has 1 unspecified atom stereocenters. The highest BCUT2D eigenvalue weighted by Crippen LogP contribution is 2.42. The van der Waals surface area contributed by atoms with Gasteiger partial charge >= 0.3 is 0 Å². The maximum absolute atomic E-state index is 13.2. The Balaban J connectivity index is 2.19. The number of likely N-dealkylation sites (tertiary alicyclic amines) is 1. The third-order valence-corrected chi connectivity index (χ3v) is 5.37. The molecule has 182 valence electrons. The van der Waals surface area contributed by atoms with E-state index in [2.05, 4.69) is 0 Å². The van der Waals surface area contributed by atoms with Crippen LogP contribution < -0.4 is 14.2 Å². The first kappa shape index (κ1) is 25.1. The van der Waals surface area contributed by atoms with Crippen molar-refractivity contribution < 1.29 is 28.9 Å². The predicted octanol–water partition coefficient (Wildman–Crippen LogP) is 5.10. The molecule has 0 radical (unpaired) electrons. The fourth-order valence-corrected chi connectivity index (χ4v) is 4.10. The highest BCUT2D eigenvalue weighted by atomic mass is 16.5. The minimum absolute atomic E-state index is 0.0325. The van der Waals surface area contributed by atoms with Crippen molar-refractivity contribution in [2.45, 2.75) is 53.2 Å². The zero-order valence-electron chi connectivity index (χ0n) is 20.5. The van der Waals surface area contributed by atoms with Gasteiger partial charge in [0.05, 0.1) is 36.5 Å². The Morgan fingerprint density at radius 2 is 1.74 bits per heavy atom. The van der Waals surface area contributed by atoms with Crippen LogP contribution >= 0.6 is 0 Å². The van der Waals surface area contributed by atoms with Crippen LogP contribution in [0, 0.1) is 0 Å². The molecule has 0 bridgehead atoms. The second-order valence-corrected chi connectivity index (χ2v) is 8.26. The van der Waals surface area contributed by atoms with E-state index in [1.807, 2.05) is 58.9 Å². The molecule has 2 aromatic carbocycles. The summed E-state index contributed by atoms with van der Waals surface area (Å²) in [6, 6.07) is 11.6. The molecule has 34 heavy (non-hydrogen) atoms. The van der Waals surface area contributed by atoms with Crippen molar-refractivity contribution in [1.82, 2.24) is 4.90 Å². The van der Waals surface area contributed by atoms with Crippen LogP contribution in [0.5, 0.6) is 17.2 Å². The first-order chi connectivity index (χ1) is 16.3. The van der Waals surface area contributed by atoms with Gasteiger partial charge in [-0.25, -0.2) is 0 Å². The van der Waals surface area contributed by atoms with Crippen molar-refractivity contribution in [2.24, 2.45) is 0 Å². The summed E-state index contributed by atoms with van der Waals surface area (Å²) < 4.78 is 17.1. The van der Waals surface area contributed by atoms with E-state index in [1.165, 1.54) is 4.90 Å². The number of benzene rings is 2. The molecule has 7 nitrogen and oxygen atoms in total. The van der Waals surface area contributed by atoms with Gasteiger partial charge in [-0.2, -0.15) is 0 Å². The van der Waals surface area contributed by atoms with E-state index in [0.29, 0.717) is 54.6 Å². The van der Waals surface area contributed by atoms with E-state index in [1.54, 1.807) is 18.2 Å². The van der Waals surface area contributed by atoms with Crippen molar-refractivity contribution in [3.05, 3.63) is 59.2 Å². The number of ether oxygens (including phenoxy) is 3.